The Kier molecular flexibility index (Phi) is 3.75. The molecule has 1 aliphatic rings. The summed E-state index contributed by atoms with van der Waals surface area (Å²) in [6.07, 6.45) is 5.60. The number of benzene rings is 1. The Hall–Kier alpha value is -2.86. The van der Waals surface area contributed by atoms with E-state index in [1.54, 1.807) is 6.20 Å². The molecule has 0 saturated carbocycles. The molecular formula is C20H19N3. The highest BCUT2D eigenvalue weighted by atomic mass is 15.2. The van der Waals surface area contributed by atoms with Crippen LogP contribution in [-0.2, 0) is 5.41 Å². The number of likely N-dealkylation sites (N-methyl/N-ethyl adjacent to an activating group) is 1. The SMILES string of the molecule is CN1/C(=C\C=C(/C#N)c2ccccn2)C(C)(C)c2ccccc21. The average molecular weight is 301 g/mol. The molecule has 0 amide bonds. The lowest BCUT2D eigenvalue weighted by atomic mass is 9.83. The standard InChI is InChI=1S/C20H19N3/c1-20(2)16-8-4-5-10-18(16)23(3)19(20)12-11-15(14-21)17-9-6-7-13-22-17/h4-13H,1-3H3/b15-11+,19-12-. The fourth-order valence-electron chi connectivity index (χ4n) is 3.17. The number of rotatable bonds is 2. The largest absolute Gasteiger partial charge is 0.347 e. The minimum atomic E-state index is -0.0907. The molecule has 114 valence electrons. The van der Waals surface area contributed by atoms with Gasteiger partial charge in [-0.2, -0.15) is 5.26 Å². The van der Waals surface area contributed by atoms with Crippen LogP contribution in [-0.4, -0.2) is 12.0 Å². The van der Waals surface area contributed by atoms with Crippen molar-refractivity contribution >= 4 is 11.3 Å². The van der Waals surface area contributed by atoms with Crippen LogP contribution >= 0.6 is 0 Å². The summed E-state index contributed by atoms with van der Waals surface area (Å²) < 4.78 is 0. The number of allylic oxidation sites excluding steroid dienone is 4. The number of pyridine rings is 1. The summed E-state index contributed by atoms with van der Waals surface area (Å²) in [6.45, 7) is 4.42. The van der Waals surface area contributed by atoms with Crippen molar-refractivity contribution in [2.75, 3.05) is 11.9 Å². The average Bonchev–Trinajstić information content (AvgIpc) is 2.77. The molecule has 0 atom stereocenters. The van der Waals surface area contributed by atoms with Crippen molar-refractivity contribution < 1.29 is 0 Å². The number of anilines is 1. The number of para-hydroxylation sites is 1. The predicted molar refractivity (Wildman–Crippen MR) is 93.8 cm³/mol. The summed E-state index contributed by atoms with van der Waals surface area (Å²) >= 11 is 0. The summed E-state index contributed by atoms with van der Waals surface area (Å²) in [5, 5.41) is 9.42. The summed E-state index contributed by atoms with van der Waals surface area (Å²) in [5.74, 6) is 0. The molecule has 23 heavy (non-hydrogen) atoms. The summed E-state index contributed by atoms with van der Waals surface area (Å²) in [5.41, 5.74) is 4.86. The van der Waals surface area contributed by atoms with Crippen molar-refractivity contribution in [3.8, 4) is 6.07 Å². The van der Waals surface area contributed by atoms with E-state index >= 15 is 0 Å². The maximum Gasteiger partial charge on any atom is 0.101 e. The normalized spacial score (nSPS) is 17.9. The Morgan fingerprint density at radius 1 is 1.17 bits per heavy atom. The maximum absolute atomic E-state index is 9.42. The van der Waals surface area contributed by atoms with E-state index in [2.05, 4.69) is 61.1 Å². The van der Waals surface area contributed by atoms with Gasteiger partial charge in [0.15, 0.2) is 0 Å². The van der Waals surface area contributed by atoms with Gasteiger partial charge in [-0.25, -0.2) is 0 Å². The molecule has 0 spiro atoms. The van der Waals surface area contributed by atoms with Crippen molar-refractivity contribution in [1.29, 1.82) is 5.26 Å². The van der Waals surface area contributed by atoms with Crippen LogP contribution in [0.5, 0.6) is 0 Å². The summed E-state index contributed by atoms with van der Waals surface area (Å²) in [6, 6.07) is 16.3. The highest BCUT2D eigenvalue weighted by molar-refractivity contribution is 5.77. The highest BCUT2D eigenvalue weighted by Crippen LogP contribution is 2.46. The Labute approximate surface area is 137 Å². The monoisotopic (exact) mass is 301 g/mol. The summed E-state index contributed by atoms with van der Waals surface area (Å²) in [7, 11) is 2.07. The van der Waals surface area contributed by atoms with Crippen molar-refractivity contribution in [2.24, 2.45) is 0 Å². The second-order valence-electron chi connectivity index (χ2n) is 6.16. The Bertz CT molecular complexity index is 823. The third kappa shape index (κ3) is 2.53. The van der Waals surface area contributed by atoms with Crippen molar-refractivity contribution in [3.05, 3.63) is 77.8 Å². The lowest BCUT2D eigenvalue weighted by Gasteiger charge is -2.23. The van der Waals surface area contributed by atoms with Gasteiger partial charge in [-0.15, -0.1) is 0 Å². The van der Waals surface area contributed by atoms with Crippen molar-refractivity contribution in [3.63, 3.8) is 0 Å². The molecule has 3 nitrogen and oxygen atoms in total. The van der Waals surface area contributed by atoms with Crippen LogP contribution in [0.4, 0.5) is 5.69 Å². The van der Waals surface area contributed by atoms with E-state index < -0.39 is 0 Å². The maximum atomic E-state index is 9.42. The van der Waals surface area contributed by atoms with Crippen LogP contribution in [0.3, 0.4) is 0 Å². The molecule has 1 aromatic carbocycles. The lowest BCUT2D eigenvalue weighted by Crippen LogP contribution is -2.22. The first-order valence-corrected chi connectivity index (χ1v) is 7.63. The van der Waals surface area contributed by atoms with Crippen LogP contribution in [0, 0.1) is 11.3 Å². The second-order valence-corrected chi connectivity index (χ2v) is 6.16. The number of aromatic nitrogens is 1. The number of hydrogen-bond donors (Lipinski definition) is 0. The third-order valence-electron chi connectivity index (χ3n) is 4.41. The van der Waals surface area contributed by atoms with Gasteiger partial charge in [0.2, 0.25) is 0 Å². The quantitative estimate of drug-likeness (QED) is 0.776. The molecule has 0 saturated heterocycles. The van der Waals surface area contributed by atoms with Crippen LogP contribution in [0.2, 0.25) is 0 Å². The fraction of sp³-hybridized carbons (Fsp3) is 0.200. The van der Waals surface area contributed by atoms with Crippen LogP contribution in [0.15, 0.2) is 66.5 Å². The first-order chi connectivity index (χ1) is 11.1. The number of nitriles is 1. The molecule has 2 heterocycles. The van der Waals surface area contributed by atoms with Crippen molar-refractivity contribution in [1.82, 2.24) is 4.98 Å². The molecule has 0 radical (unpaired) electrons. The first kappa shape index (κ1) is 15.1. The fourth-order valence-corrected chi connectivity index (χ4v) is 3.17. The smallest absolute Gasteiger partial charge is 0.101 e. The third-order valence-corrected chi connectivity index (χ3v) is 4.41. The topological polar surface area (TPSA) is 39.9 Å². The van der Waals surface area contributed by atoms with E-state index in [1.165, 1.54) is 16.9 Å². The number of fused-ring (bicyclic) bond motifs is 1. The van der Waals surface area contributed by atoms with E-state index in [0.29, 0.717) is 11.3 Å². The van der Waals surface area contributed by atoms with Gasteiger partial charge in [0.25, 0.3) is 0 Å². The van der Waals surface area contributed by atoms with E-state index in [4.69, 9.17) is 0 Å². The van der Waals surface area contributed by atoms with Crippen LogP contribution in [0.1, 0.15) is 25.1 Å². The van der Waals surface area contributed by atoms with E-state index in [1.807, 2.05) is 30.4 Å². The van der Waals surface area contributed by atoms with E-state index in [0.717, 1.165) is 0 Å². The zero-order valence-corrected chi connectivity index (χ0v) is 13.6. The Morgan fingerprint density at radius 2 is 1.91 bits per heavy atom. The van der Waals surface area contributed by atoms with E-state index in [-0.39, 0.29) is 5.41 Å². The van der Waals surface area contributed by atoms with Gasteiger partial charge in [-0.1, -0.05) is 38.1 Å². The molecule has 1 aliphatic heterocycles. The van der Waals surface area contributed by atoms with Gasteiger partial charge in [0, 0.05) is 30.0 Å². The van der Waals surface area contributed by atoms with Crippen LogP contribution < -0.4 is 4.90 Å². The second kappa shape index (κ2) is 5.73. The molecule has 3 heteroatoms. The minimum Gasteiger partial charge on any atom is -0.347 e. The first-order valence-electron chi connectivity index (χ1n) is 7.63. The Morgan fingerprint density at radius 3 is 2.57 bits per heavy atom. The molecule has 0 bridgehead atoms. The lowest BCUT2D eigenvalue weighted by molar-refractivity contribution is 0.640. The van der Waals surface area contributed by atoms with Gasteiger partial charge >= 0.3 is 0 Å². The molecule has 1 aromatic heterocycles. The van der Waals surface area contributed by atoms with Gasteiger partial charge in [-0.3, -0.25) is 4.98 Å². The van der Waals surface area contributed by atoms with Crippen molar-refractivity contribution in [2.45, 2.75) is 19.3 Å². The Balaban J connectivity index is 2.04. The minimum absolute atomic E-state index is 0.0907. The number of hydrogen-bond acceptors (Lipinski definition) is 3. The van der Waals surface area contributed by atoms with Gasteiger partial charge < -0.3 is 4.90 Å². The van der Waals surface area contributed by atoms with Gasteiger partial charge in [0.1, 0.15) is 6.07 Å². The molecule has 2 aromatic rings. The predicted octanol–water partition coefficient (Wildman–Crippen LogP) is 4.30. The molecule has 0 unspecified atom stereocenters. The molecular weight excluding hydrogens is 282 g/mol. The van der Waals surface area contributed by atoms with Gasteiger partial charge in [0.05, 0.1) is 11.3 Å². The zero-order chi connectivity index (χ0) is 16.4. The molecule has 0 fully saturated rings. The molecule has 0 N–H and O–H groups in total. The van der Waals surface area contributed by atoms with Crippen LogP contribution in [0.25, 0.3) is 5.57 Å². The zero-order valence-electron chi connectivity index (χ0n) is 13.6. The van der Waals surface area contributed by atoms with E-state index in [9.17, 15) is 5.26 Å². The molecule has 0 aliphatic carbocycles. The summed E-state index contributed by atoms with van der Waals surface area (Å²) in [4.78, 5) is 6.45. The molecule has 3 rings (SSSR count). The highest BCUT2D eigenvalue weighted by Gasteiger charge is 2.37. The number of nitrogens with zero attached hydrogens (tertiary/aromatic N) is 3. The van der Waals surface area contributed by atoms with Gasteiger partial charge in [-0.05, 0) is 35.9 Å².